The van der Waals surface area contributed by atoms with Crippen molar-refractivity contribution in [3.8, 4) is 23.0 Å². The number of imide groups is 1. The number of carbonyl (C=O) groups is 3. The Balaban J connectivity index is 1.93. The quantitative estimate of drug-likeness (QED) is 0.304. The second-order valence-electron chi connectivity index (χ2n) is 12.9. The minimum absolute atomic E-state index is 0.00826. The summed E-state index contributed by atoms with van der Waals surface area (Å²) in [5.74, 6) is -0.103. The number of hydrogen-bond donors (Lipinski definition) is 0. The first kappa shape index (κ1) is 33.0. The van der Waals surface area contributed by atoms with Gasteiger partial charge in [-0.25, -0.2) is 19.4 Å². The van der Waals surface area contributed by atoms with Gasteiger partial charge < -0.3 is 23.5 Å². The van der Waals surface area contributed by atoms with E-state index in [1.807, 2.05) is 32.9 Å². The van der Waals surface area contributed by atoms with Crippen LogP contribution < -0.4 is 10.5 Å². The van der Waals surface area contributed by atoms with E-state index in [-0.39, 0.29) is 23.3 Å². The highest BCUT2D eigenvalue weighted by molar-refractivity contribution is 6.30. The van der Waals surface area contributed by atoms with Crippen molar-refractivity contribution in [2.45, 2.75) is 85.7 Å². The monoisotopic (exact) mass is 594 g/mol. The molecule has 0 saturated heterocycles. The van der Waals surface area contributed by atoms with Crippen LogP contribution in [0.4, 0.5) is 20.2 Å². The number of anilines is 1. The maximum absolute atomic E-state index is 13.2. The lowest BCUT2D eigenvalue weighted by Crippen LogP contribution is -2.44. The minimum atomic E-state index is -1.01. The van der Waals surface area contributed by atoms with Crippen LogP contribution in [-0.4, -0.2) is 75.0 Å². The number of ether oxygens (including phenoxy) is 3. The first-order valence-electron chi connectivity index (χ1n) is 13.7. The van der Waals surface area contributed by atoms with Crippen molar-refractivity contribution >= 4 is 37.5 Å². The number of rotatable bonds is 5. The first-order valence-corrected chi connectivity index (χ1v) is 13.7. The van der Waals surface area contributed by atoms with Crippen molar-refractivity contribution < 1.29 is 33.0 Å². The number of amides is 3. The van der Waals surface area contributed by atoms with E-state index in [1.54, 1.807) is 68.6 Å². The highest BCUT2D eigenvalue weighted by Gasteiger charge is 2.37. The fourth-order valence-corrected chi connectivity index (χ4v) is 3.51. The molecule has 13 nitrogen and oxygen atoms in total. The lowest BCUT2D eigenvalue weighted by Gasteiger charge is -2.28. The van der Waals surface area contributed by atoms with Gasteiger partial charge in [0.15, 0.2) is 19.4 Å². The molecule has 0 saturated carbocycles. The molecule has 0 atom stereocenters. The molecule has 0 bridgehead atoms. The number of nitrogens with zero attached hydrogens (tertiary/aromatic N) is 6. The zero-order valence-corrected chi connectivity index (χ0v) is 26.6. The van der Waals surface area contributed by atoms with Crippen molar-refractivity contribution in [2.75, 3.05) is 11.9 Å². The summed E-state index contributed by atoms with van der Waals surface area (Å²) in [5, 5.41) is 8.26. The zero-order chi connectivity index (χ0) is 32.3. The van der Waals surface area contributed by atoms with Gasteiger partial charge in [-0.3, -0.25) is 4.98 Å². The summed E-state index contributed by atoms with van der Waals surface area (Å²) in [4.78, 5) is 49.7. The maximum Gasteiger partial charge on any atom is 0.425 e. The highest BCUT2D eigenvalue weighted by atomic mass is 16.6. The Labute approximate surface area is 252 Å². The summed E-state index contributed by atoms with van der Waals surface area (Å²) in [6.07, 6.45) is -1.05. The molecule has 3 aromatic rings. The van der Waals surface area contributed by atoms with E-state index < -0.39 is 35.1 Å². The molecule has 2 heterocycles. The zero-order valence-electron chi connectivity index (χ0n) is 26.6. The molecular weight excluding hydrogens is 555 g/mol. The van der Waals surface area contributed by atoms with Gasteiger partial charge in [-0.1, -0.05) is 12.1 Å². The molecule has 0 radical (unpaired) electrons. The van der Waals surface area contributed by atoms with Gasteiger partial charge in [0.2, 0.25) is 5.89 Å². The summed E-state index contributed by atoms with van der Waals surface area (Å²) in [5.41, 5.74) is -0.503. The first-order chi connectivity index (χ1) is 19.7. The molecular formula is C29H39BN6O7. The summed E-state index contributed by atoms with van der Waals surface area (Å²) in [6.45, 7) is 15.8. The van der Waals surface area contributed by atoms with Crippen molar-refractivity contribution in [3.05, 3.63) is 36.0 Å². The summed E-state index contributed by atoms with van der Waals surface area (Å²) < 4.78 is 22.3. The molecule has 0 fully saturated rings. The van der Waals surface area contributed by atoms with Gasteiger partial charge in [0.05, 0.1) is 0 Å². The Bertz CT molecular complexity index is 1440. The molecule has 0 spiro atoms. The third-order valence-electron chi connectivity index (χ3n) is 5.19. The van der Waals surface area contributed by atoms with Crippen LogP contribution in [0.1, 0.15) is 67.9 Å². The molecule has 3 amide bonds. The van der Waals surface area contributed by atoms with Crippen LogP contribution in [0.5, 0.6) is 0 Å². The van der Waals surface area contributed by atoms with Crippen molar-refractivity contribution in [2.24, 2.45) is 0 Å². The van der Waals surface area contributed by atoms with Gasteiger partial charge in [-0.2, -0.15) is 4.90 Å². The smallest absolute Gasteiger partial charge is 0.425 e. The summed E-state index contributed by atoms with van der Waals surface area (Å²) >= 11 is 0. The second kappa shape index (κ2) is 12.4. The fourth-order valence-electron chi connectivity index (χ4n) is 3.51. The molecule has 3 rings (SSSR count). The molecule has 14 heteroatoms. The molecule has 0 aliphatic carbocycles. The molecule has 0 aliphatic heterocycles. The van der Waals surface area contributed by atoms with Crippen LogP contribution in [0, 0.1) is 0 Å². The van der Waals surface area contributed by atoms with Gasteiger partial charge >= 0.3 is 18.3 Å². The third-order valence-corrected chi connectivity index (χ3v) is 5.19. The fraction of sp³-hybridized carbons (Fsp3) is 0.483. The summed E-state index contributed by atoms with van der Waals surface area (Å²) in [6, 6.07) is 7.19. The number of benzene rings is 1. The minimum Gasteiger partial charge on any atom is -0.444 e. The van der Waals surface area contributed by atoms with Crippen LogP contribution >= 0.6 is 0 Å². The van der Waals surface area contributed by atoms with Gasteiger partial charge in [0.25, 0.3) is 5.89 Å². The number of aromatic nitrogens is 4. The van der Waals surface area contributed by atoms with E-state index in [1.165, 1.54) is 11.1 Å². The Morgan fingerprint density at radius 2 is 1.28 bits per heavy atom. The standard InChI is InChI=1S/C29H39BN6O7/c1-27(2,3)41-24(37)35(10)16-17-11-13-18(14-12-17)22-33-34-23(40-22)20-21(31-15-19(30)32-20)36(25(38)42-28(4,5)6)26(39)43-29(7,8)9/h11-15H,16,30H2,1-10H3. The highest BCUT2D eigenvalue weighted by Crippen LogP contribution is 2.30. The van der Waals surface area contributed by atoms with E-state index in [4.69, 9.17) is 18.6 Å². The predicted octanol–water partition coefficient (Wildman–Crippen LogP) is 4.50. The topological polar surface area (TPSA) is 150 Å². The lowest BCUT2D eigenvalue weighted by molar-refractivity contribution is 0.0283. The van der Waals surface area contributed by atoms with E-state index in [0.717, 1.165) is 5.56 Å². The molecule has 1 aromatic carbocycles. The van der Waals surface area contributed by atoms with Crippen LogP contribution in [0.25, 0.3) is 23.0 Å². The third kappa shape index (κ3) is 9.52. The van der Waals surface area contributed by atoms with Crippen LogP contribution in [0.15, 0.2) is 34.9 Å². The number of carbonyl (C=O) groups excluding carboxylic acids is 3. The Kier molecular flexibility index (Phi) is 9.52. The normalized spacial score (nSPS) is 12.0. The molecule has 43 heavy (non-hydrogen) atoms. The second-order valence-corrected chi connectivity index (χ2v) is 12.9. The van der Waals surface area contributed by atoms with Gasteiger partial charge in [-0.05, 0) is 80.0 Å². The average Bonchev–Trinajstić information content (AvgIpc) is 3.32. The van der Waals surface area contributed by atoms with E-state index >= 15 is 0 Å². The molecule has 230 valence electrons. The molecule has 0 N–H and O–H groups in total. The van der Waals surface area contributed by atoms with Crippen LogP contribution in [0.3, 0.4) is 0 Å². The predicted molar refractivity (Wildman–Crippen MR) is 162 cm³/mol. The van der Waals surface area contributed by atoms with Gasteiger partial charge in [-0.15, -0.1) is 10.2 Å². The van der Waals surface area contributed by atoms with Crippen LogP contribution in [-0.2, 0) is 20.8 Å². The van der Waals surface area contributed by atoms with Crippen molar-refractivity contribution in [3.63, 3.8) is 0 Å². The summed E-state index contributed by atoms with van der Waals surface area (Å²) in [7, 11) is 3.35. The van der Waals surface area contributed by atoms with Crippen molar-refractivity contribution in [1.29, 1.82) is 0 Å². The van der Waals surface area contributed by atoms with Crippen molar-refractivity contribution in [1.82, 2.24) is 25.1 Å². The molecule has 0 aliphatic rings. The molecule has 0 unspecified atom stereocenters. The molecule has 2 aromatic heterocycles. The number of hydrogen-bond acceptors (Lipinski definition) is 11. The Hall–Kier alpha value is -4.49. The Morgan fingerprint density at radius 3 is 1.79 bits per heavy atom. The average molecular weight is 594 g/mol. The Morgan fingerprint density at radius 1 is 0.791 bits per heavy atom. The van der Waals surface area contributed by atoms with Crippen LogP contribution in [0.2, 0.25) is 0 Å². The van der Waals surface area contributed by atoms with Gasteiger partial charge in [0.1, 0.15) is 16.8 Å². The van der Waals surface area contributed by atoms with E-state index in [2.05, 4.69) is 20.2 Å². The largest absolute Gasteiger partial charge is 0.444 e. The van der Waals surface area contributed by atoms with E-state index in [9.17, 15) is 14.4 Å². The lowest BCUT2D eigenvalue weighted by atomic mass is 10.1. The van der Waals surface area contributed by atoms with Gasteiger partial charge in [0, 0.05) is 30.9 Å². The van der Waals surface area contributed by atoms with E-state index in [0.29, 0.717) is 22.6 Å². The SMILES string of the molecule is Bc1cnc(N(C(=O)OC(C)(C)C)C(=O)OC(C)(C)C)c(-c2nnc(-c3ccc(CN(C)C(=O)OC(C)(C)C)cc3)o2)n1. The maximum atomic E-state index is 13.2.